The van der Waals surface area contributed by atoms with Crippen LogP contribution in [0.5, 0.6) is 0 Å². The van der Waals surface area contributed by atoms with E-state index in [1.165, 1.54) is 0 Å². The minimum absolute atomic E-state index is 0.0532. The van der Waals surface area contributed by atoms with Gasteiger partial charge in [-0.05, 0) is 12.8 Å². The summed E-state index contributed by atoms with van der Waals surface area (Å²) >= 11 is 0. The average molecular weight is 249 g/mol. The molecule has 0 saturated heterocycles. The Kier molecular flexibility index (Phi) is 3.49. The third-order valence-corrected chi connectivity index (χ3v) is 3.68. The highest BCUT2D eigenvalue weighted by Crippen LogP contribution is 2.48. The zero-order valence-corrected chi connectivity index (χ0v) is 9.74. The van der Waals surface area contributed by atoms with Crippen molar-refractivity contribution < 1.29 is 13.2 Å². The van der Waals surface area contributed by atoms with Crippen LogP contribution in [0.3, 0.4) is 0 Å². The first-order chi connectivity index (χ1) is 8.04. The van der Waals surface area contributed by atoms with Gasteiger partial charge in [0.15, 0.2) is 5.96 Å². The SMILES string of the molecule is FC(F)(F)C1(CNC2=NCCN2)CCCCC1. The Morgan fingerprint density at radius 3 is 2.47 bits per heavy atom. The van der Waals surface area contributed by atoms with Gasteiger partial charge in [0.25, 0.3) is 0 Å². The summed E-state index contributed by atoms with van der Waals surface area (Å²) in [6.07, 6.45) is -1.41. The fourth-order valence-electron chi connectivity index (χ4n) is 2.56. The molecule has 0 amide bonds. The summed E-state index contributed by atoms with van der Waals surface area (Å²) < 4.78 is 39.5. The second kappa shape index (κ2) is 4.74. The highest BCUT2D eigenvalue weighted by molar-refractivity contribution is 5.81. The molecular formula is C11H18F3N3. The number of guanidine groups is 1. The summed E-state index contributed by atoms with van der Waals surface area (Å²) in [5, 5.41) is 5.75. The predicted molar refractivity (Wildman–Crippen MR) is 59.9 cm³/mol. The Morgan fingerprint density at radius 2 is 1.94 bits per heavy atom. The second-order valence-corrected chi connectivity index (χ2v) is 4.85. The molecule has 0 spiro atoms. The van der Waals surface area contributed by atoms with Gasteiger partial charge >= 0.3 is 6.18 Å². The van der Waals surface area contributed by atoms with Crippen molar-refractivity contribution >= 4 is 5.96 Å². The molecule has 0 bridgehead atoms. The van der Waals surface area contributed by atoms with Gasteiger partial charge in [0.2, 0.25) is 0 Å². The largest absolute Gasteiger partial charge is 0.396 e. The zero-order valence-electron chi connectivity index (χ0n) is 9.74. The smallest absolute Gasteiger partial charge is 0.356 e. The normalized spacial score (nSPS) is 24.1. The van der Waals surface area contributed by atoms with Crippen LogP contribution in [-0.2, 0) is 0 Å². The van der Waals surface area contributed by atoms with E-state index >= 15 is 0 Å². The summed E-state index contributed by atoms with van der Waals surface area (Å²) in [6, 6.07) is 0. The van der Waals surface area contributed by atoms with Gasteiger partial charge in [-0.1, -0.05) is 19.3 Å². The van der Waals surface area contributed by atoms with Gasteiger partial charge < -0.3 is 10.6 Å². The maximum atomic E-state index is 13.2. The first kappa shape index (κ1) is 12.5. The van der Waals surface area contributed by atoms with Crippen LogP contribution in [0, 0.1) is 5.41 Å². The molecule has 0 aromatic heterocycles. The average Bonchev–Trinajstić information content (AvgIpc) is 2.79. The number of hydrogen-bond donors (Lipinski definition) is 2. The molecule has 1 saturated carbocycles. The minimum atomic E-state index is -4.13. The number of hydrogen-bond acceptors (Lipinski definition) is 3. The maximum Gasteiger partial charge on any atom is 0.396 e. The van der Waals surface area contributed by atoms with E-state index in [-0.39, 0.29) is 19.4 Å². The molecule has 2 aliphatic rings. The van der Waals surface area contributed by atoms with E-state index in [1.54, 1.807) is 0 Å². The Balaban J connectivity index is 2.00. The summed E-state index contributed by atoms with van der Waals surface area (Å²) in [7, 11) is 0. The van der Waals surface area contributed by atoms with Crippen molar-refractivity contribution in [1.82, 2.24) is 10.6 Å². The van der Waals surface area contributed by atoms with Crippen LogP contribution < -0.4 is 10.6 Å². The second-order valence-electron chi connectivity index (χ2n) is 4.85. The number of rotatable bonds is 2. The molecule has 1 aliphatic carbocycles. The summed E-state index contributed by atoms with van der Waals surface area (Å²) in [4.78, 5) is 4.06. The molecule has 0 aromatic carbocycles. The van der Waals surface area contributed by atoms with Crippen molar-refractivity contribution in [3.05, 3.63) is 0 Å². The zero-order chi connectivity index (χ0) is 12.4. The van der Waals surface area contributed by atoms with E-state index in [0.29, 0.717) is 31.9 Å². The van der Waals surface area contributed by atoms with Crippen LogP contribution in [0.2, 0.25) is 0 Å². The molecule has 0 radical (unpaired) electrons. The fraction of sp³-hybridized carbons (Fsp3) is 0.909. The van der Waals surface area contributed by atoms with Gasteiger partial charge in [-0.25, -0.2) is 0 Å². The van der Waals surface area contributed by atoms with Crippen LogP contribution >= 0.6 is 0 Å². The maximum absolute atomic E-state index is 13.2. The van der Waals surface area contributed by atoms with Crippen molar-refractivity contribution in [2.24, 2.45) is 10.4 Å². The number of nitrogens with one attached hydrogen (secondary N) is 2. The van der Waals surface area contributed by atoms with Crippen LogP contribution in [0.15, 0.2) is 4.99 Å². The molecule has 2 rings (SSSR count). The van der Waals surface area contributed by atoms with Crippen LogP contribution in [0.25, 0.3) is 0 Å². The molecular weight excluding hydrogens is 231 g/mol. The van der Waals surface area contributed by atoms with Crippen molar-refractivity contribution in [2.45, 2.75) is 38.3 Å². The quantitative estimate of drug-likeness (QED) is 0.785. The fourth-order valence-corrected chi connectivity index (χ4v) is 2.56. The van der Waals surface area contributed by atoms with Gasteiger partial charge in [0.05, 0.1) is 12.0 Å². The van der Waals surface area contributed by atoms with Crippen LogP contribution in [-0.4, -0.2) is 31.8 Å². The highest BCUT2D eigenvalue weighted by atomic mass is 19.4. The van der Waals surface area contributed by atoms with Gasteiger partial charge in [0.1, 0.15) is 0 Å². The van der Waals surface area contributed by atoms with Crippen molar-refractivity contribution in [2.75, 3.05) is 19.6 Å². The van der Waals surface area contributed by atoms with Crippen LogP contribution in [0.4, 0.5) is 13.2 Å². The van der Waals surface area contributed by atoms with E-state index < -0.39 is 11.6 Å². The summed E-state index contributed by atoms with van der Waals surface area (Å²) in [5.74, 6) is 0.513. The van der Waals surface area contributed by atoms with Gasteiger partial charge in [-0.15, -0.1) is 0 Å². The van der Waals surface area contributed by atoms with Gasteiger partial charge in [-0.2, -0.15) is 13.2 Å². The first-order valence-corrected chi connectivity index (χ1v) is 6.12. The number of aliphatic imine (C=N–C) groups is 1. The van der Waals surface area contributed by atoms with Crippen molar-refractivity contribution in [1.29, 1.82) is 0 Å². The molecule has 2 N–H and O–H groups in total. The number of alkyl halides is 3. The lowest BCUT2D eigenvalue weighted by Crippen LogP contribution is -2.50. The van der Waals surface area contributed by atoms with E-state index in [1.807, 2.05) is 0 Å². The number of halogens is 3. The monoisotopic (exact) mass is 249 g/mol. The topological polar surface area (TPSA) is 36.4 Å². The molecule has 3 nitrogen and oxygen atoms in total. The Bertz CT molecular complexity index is 293. The molecule has 1 heterocycles. The molecule has 0 aromatic rings. The third-order valence-electron chi connectivity index (χ3n) is 3.68. The molecule has 98 valence electrons. The first-order valence-electron chi connectivity index (χ1n) is 6.12. The molecule has 1 fully saturated rings. The molecule has 0 unspecified atom stereocenters. The molecule has 0 atom stereocenters. The lowest BCUT2D eigenvalue weighted by atomic mass is 9.73. The van der Waals surface area contributed by atoms with Crippen molar-refractivity contribution in [3.63, 3.8) is 0 Å². The van der Waals surface area contributed by atoms with E-state index in [4.69, 9.17) is 0 Å². The Hall–Kier alpha value is -0.940. The third kappa shape index (κ3) is 2.66. The van der Waals surface area contributed by atoms with E-state index in [0.717, 1.165) is 6.42 Å². The summed E-state index contributed by atoms with van der Waals surface area (Å²) in [5.41, 5.74) is -1.56. The highest BCUT2D eigenvalue weighted by Gasteiger charge is 2.54. The lowest BCUT2D eigenvalue weighted by molar-refractivity contribution is -0.231. The van der Waals surface area contributed by atoms with Crippen LogP contribution in [0.1, 0.15) is 32.1 Å². The Morgan fingerprint density at radius 1 is 1.24 bits per heavy atom. The van der Waals surface area contributed by atoms with E-state index in [2.05, 4.69) is 15.6 Å². The summed E-state index contributed by atoms with van der Waals surface area (Å²) in [6.45, 7) is 1.30. The molecule has 17 heavy (non-hydrogen) atoms. The Labute approximate surface area is 98.9 Å². The van der Waals surface area contributed by atoms with Gasteiger partial charge in [-0.3, -0.25) is 4.99 Å². The molecule has 6 heteroatoms. The van der Waals surface area contributed by atoms with Gasteiger partial charge in [0, 0.05) is 13.1 Å². The molecule has 1 aliphatic heterocycles. The standard InChI is InChI=1S/C11H18F3N3/c12-11(13,14)10(4-2-1-3-5-10)8-17-9-15-6-7-16-9/h1-8H2,(H2,15,16,17). The van der Waals surface area contributed by atoms with E-state index in [9.17, 15) is 13.2 Å². The van der Waals surface area contributed by atoms with Crippen molar-refractivity contribution in [3.8, 4) is 0 Å². The predicted octanol–water partition coefficient (Wildman–Crippen LogP) is 2.05. The minimum Gasteiger partial charge on any atom is -0.356 e. The number of nitrogens with zero attached hydrogens (tertiary/aromatic N) is 1. The lowest BCUT2D eigenvalue weighted by Gasteiger charge is -2.39.